The maximum Gasteiger partial charge on any atom is 0.330 e. The molecule has 1 aromatic carbocycles. The van der Waals surface area contributed by atoms with Crippen molar-refractivity contribution in [3.8, 4) is 0 Å². The van der Waals surface area contributed by atoms with Gasteiger partial charge in [-0.25, -0.2) is 9.59 Å². The number of carboxylic acid groups (broad SMARTS) is 1. The molecule has 0 saturated carbocycles. The van der Waals surface area contributed by atoms with E-state index in [1.165, 1.54) is 0 Å². The fourth-order valence-electron chi connectivity index (χ4n) is 2.57. The number of hydrogen-bond donors (Lipinski definition) is 3. The fraction of sp³-hybridized carbons (Fsp3) is 0.500. The summed E-state index contributed by atoms with van der Waals surface area (Å²) in [6.07, 6.45) is 1.21. The molecule has 0 spiro atoms. The van der Waals surface area contributed by atoms with Crippen molar-refractivity contribution in [1.82, 2.24) is 15.5 Å². The molecule has 7 heteroatoms. The van der Waals surface area contributed by atoms with Crippen LogP contribution in [-0.2, 0) is 9.59 Å². The molecule has 2 unspecified atom stereocenters. The third-order valence-electron chi connectivity index (χ3n) is 3.91. The normalized spacial score (nSPS) is 12.8. The first kappa shape index (κ1) is 20.5. The number of carbonyl (C=O) groups is 3. The summed E-state index contributed by atoms with van der Waals surface area (Å²) < 4.78 is 0. The Morgan fingerprint density at radius 3 is 2.12 bits per heavy atom. The van der Waals surface area contributed by atoms with Gasteiger partial charge in [0.2, 0.25) is 5.91 Å². The molecule has 1 aromatic rings. The molecule has 0 saturated heterocycles. The number of aliphatic carboxylic acids is 1. The molecule has 0 aliphatic carbocycles. The molecule has 138 valence electrons. The smallest absolute Gasteiger partial charge is 0.330 e. The molecule has 0 aliphatic heterocycles. The maximum absolute atomic E-state index is 12.5. The van der Waals surface area contributed by atoms with Gasteiger partial charge in [0, 0.05) is 13.1 Å². The molecule has 0 aliphatic rings. The average Bonchev–Trinajstić information content (AvgIpc) is 2.60. The zero-order valence-electron chi connectivity index (χ0n) is 15.0. The molecular formula is C18H27N3O4. The highest BCUT2D eigenvalue weighted by Crippen LogP contribution is 2.12. The molecule has 3 N–H and O–H groups in total. The quantitative estimate of drug-likeness (QED) is 0.636. The second-order valence-electron chi connectivity index (χ2n) is 5.65. The number of hydrogen-bond acceptors (Lipinski definition) is 3. The van der Waals surface area contributed by atoms with E-state index in [1.54, 1.807) is 35.2 Å². The number of likely N-dealkylation sites (N-methyl/N-ethyl adjacent to an activating group) is 1. The number of nitrogens with zero attached hydrogens (tertiary/aromatic N) is 1. The van der Waals surface area contributed by atoms with E-state index in [1.807, 2.05) is 20.8 Å². The minimum Gasteiger partial charge on any atom is -0.479 e. The summed E-state index contributed by atoms with van der Waals surface area (Å²) in [5.41, 5.74) is 0.465. The van der Waals surface area contributed by atoms with E-state index in [-0.39, 0.29) is 5.91 Å². The van der Waals surface area contributed by atoms with Crippen LogP contribution in [-0.4, -0.2) is 47.0 Å². The van der Waals surface area contributed by atoms with Gasteiger partial charge in [-0.1, -0.05) is 43.7 Å². The number of carboxylic acids is 1. The van der Waals surface area contributed by atoms with Gasteiger partial charge in [-0.3, -0.25) is 4.79 Å². The summed E-state index contributed by atoms with van der Waals surface area (Å²) in [5, 5.41) is 14.4. The fourth-order valence-corrected chi connectivity index (χ4v) is 2.57. The topological polar surface area (TPSA) is 98.7 Å². The van der Waals surface area contributed by atoms with Crippen molar-refractivity contribution in [2.24, 2.45) is 0 Å². The van der Waals surface area contributed by atoms with E-state index >= 15 is 0 Å². The Balaban J connectivity index is 2.82. The van der Waals surface area contributed by atoms with Crippen molar-refractivity contribution >= 4 is 17.9 Å². The van der Waals surface area contributed by atoms with E-state index in [2.05, 4.69) is 10.6 Å². The summed E-state index contributed by atoms with van der Waals surface area (Å²) in [5.74, 6) is -1.32. The second kappa shape index (κ2) is 10.3. The van der Waals surface area contributed by atoms with Crippen LogP contribution >= 0.6 is 0 Å². The number of rotatable bonds is 9. The lowest BCUT2D eigenvalue weighted by Gasteiger charge is -2.26. The Hall–Kier alpha value is -2.57. The monoisotopic (exact) mass is 349 g/mol. The zero-order chi connectivity index (χ0) is 18.8. The second-order valence-corrected chi connectivity index (χ2v) is 5.65. The van der Waals surface area contributed by atoms with Crippen LogP contribution in [0.5, 0.6) is 0 Å². The molecule has 2 atom stereocenters. The van der Waals surface area contributed by atoms with Crippen molar-refractivity contribution in [3.63, 3.8) is 0 Å². The van der Waals surface area contributed by atoms with Gasteiger partial charge in [-0.05, 0) is 25.8 Å². The molecule has 3 amide bonds. The third-order valence-corrected chi connectivity index (χ3v) is 3.91. The van der Waals surface area contributed by atoms with Gasteiger partial charge >= 0.3 is 12.0 Å². The molecule has 0 aromatic heterocycles. The molecule has 25 heavy (non-hydrogen) atoms. The van der Waals surface area contributed by atoms with Crippen LogP contribution in [0.4, 0.5) is 4.79 Å². The van der Waals surface area contributed by atoms with E-state index < -0.39 is 24.1 Å². The Kier molecular flexibility index (Phi) is 8.46. The molecule has 0 radical (unpaired) electrons. The van der Waals surface area contributed by atoms with Crippen molar-refractivity contribution in [1.29, 1.82) is 0 Å². The highest BCUT2D eigenvalue weighted by atomic mass is 16.4. The van der Waals surface area contributed by atoms with Crippen LogP contribution in [0.1, 0.15) is 45.2 Å². The van der Waals surface area contributed by atoms with Crippen molar-refractivity contribution in [3.05, 3.63) is 35.9 Å². The summed E-state index contributed by atoms with van der Waals surface area (Å²) in [6.45, 7) is 6.79. The Morgan fingerprint density at radius 1 is 1.04 bits per heavy atom. The largest absolute Gasteiger partial charge is 0.479 e. The predicted octanol–water partition coefficient (Wildman–Crippen LogP) is 2.15. The third kappa shape index (κ3) is 6.10. The number of urea groups is 1. The van der Waals surface area contributed by atoms with E-state index in [4.69, 9.17) is 0 Å². The zero-order valence-corrected chi connectivity index (χ0v) is 15.0. The Labute approximate surface area is 148 Å². The van der Waals surface area contributed by atoms with Crippen LogP contribution in [0.2, 0.25) is 0 Å². The first-order valence-electron chi connectivity index (χ1n) is 8.58. The van der Waals surface area contributed by atoms with Gasteiger partial charge in [0.1, 0.15) is 6.04 Å². The lowest BCUT2D eigenvalue weighted by Crippen LogP contribution is -2.52. The van der Waals surface area contributed by atoms with Gasteiger partial charge in [-0.2, -0.15) is 0 Å². The van der Waals surface area contributed by atoms with Crippen LogP contribution in [0.3, 0.4) is 0 Å². The SMILES string of the molecule is CCCC(NC(=O)NC(C(=O)O)c1ccccc1)C(=O)N(CC)CC. The number of carbonyl (C=O) groups excluding carboxylic acids is 2. The van der Waals surface area contributed by atoms with Gasteiger partial charge < -0.3 is 20.6 Å². The molecule has 0 fully saturated rings. The van der Waals surface area contributed by atoms with Crippen molar-refractivity contribution < 1.29 is 19.5 Å². The van der Waals surface area contributed by atoms with Crippen molar-refractivity contribution in [2.45, 2.75) is 45.7 Å². The standard InChI is InChI=1S/C18H27N3O4/c1-4-10-14(16(22)21(5-2)6-3)19-18(25)20-15(17(23)24)13-11-8-7-9-12-13/h7-9,11-12,14-15H,4-6,10H2,1-3H3,(H,23,24)(H2,19,20,25). The number of nitrogens with one attached hydrogen (secondary N) is 2. The van der Waals surface area contributed by atoms with Crippen LogP contribution in [0, 0.1) is 0 Å². The lowest BCUT2D eigenvalue weighted by atomic mass is 10.1. The Bertz CT molecular complexity index is 573. The maximum atomic E-state index is 12.5. The highest BCUT2D eigenvalue weighted by Gasteiger charge is 2.27. The van der Waals surface area contributed by atoms with Crippen LogP contribution in [0.25, 0.3) is 0 Å². The highest BCUT2D eigenvalue weighted by molar-refractivity contribution is 5.89. The van der Waals surface area contributed by atoms with E-state index in [9.17, 15) is 19.5 Å². The van der Waals surface area contributed by atoms with Gasteiger partial charge in [-0.15, -0.1) is 0 Å². The van der Waals surface area contributed by atoms with Crippen LogP contribution < -0.4 is 10.6 Å². The summed E-state index contributed by atoms with van der Waals surface area (Å²) in [7, 11) is 0. The molecular weight excluding hydrogens is 322 g/mol. The molecule has 1 rings (SSSR count). The molecule has 7 nitrogen and oxygen atoms in total. The summed E-state index contributed by atoms with van der Waals surface area (Å²) in [6, 6.07) is 5.91. The van der Waals surface area contributed by atoms with E-state index in [0.717, 1.165) is 6.42 Å². The Morgan fingerprint density at radius 2 is 1.64 bits per heavy atom. The van der Waals surface area contributed by atoms with Crippen molar-refractivity contribution in [2.75, 3.05) is 13.1 Å². The molecule has 0 bridgehead atoms. The van der Waals surface area contributed by atoms with Gasteiger partial charge in [0.15, 0.2) is 6.04 Å². The minimum absolute atomic E-state index is 0.159. The number of amides is 3. The number of benzene rings is 1. The van der Waals surface area contributed by atoms with E-state index in [0.29, 0.717) is 25.1 Å². The van der Waals surface area contributed by atoms with Gasteiger partial charge in [0.25, 0.3) is 0 Å². The van der Waals surface area contributed by atoms with Gasteiger partial charge in [0.05, 0.1) is 0 Å². The first-order chi connectivity index (χ1) is 11.9. The lowest BCUT2D eigenvalue weighted by molar-refractivity contribution is -0.139. The average molecular weight is 349 g/mol. The summed E-state index contributed by atoms with van der Waals surface area (Å²) in [4.78, 5) is 37.9. The summed E-state index contributed by atoms with van der Waals surface area (Å²) >= 11 is 0. The molecule has 0 heterocycles. The first-order valence-corrected chi connectivity index (χ1v) is 8.58. The predicted molar refractivity (Wildman–Crippen MR) is 95.1 cm³/mol. The van der Waals surface area contributed by atoms with Crippen LogP contribution in [0.15, 0.2) is 30.3 Å². The minimum atomic E-state index is -1.17.